The number of aromatic carboxylic acids is 1. The Kier molecular flexibility index (Phi) is 4.33. The standard InChI is InChI=1S/C19H18N2O3/c1-2-12-6-5-7-13(10-12)20-17(22)11-15-14-8-3-4-9-16(14)21-18(15)19(23)24/h3-10,21H,2,11H2,1H3,(H,20,22)(H,23,24)/p-1. The number of carboxylic acid groups (broad SMARTS) is 1. The van der Waals surface area contributed by atoms with Gasteiger partial charge in [0.1, 0.15) is 0 Å². The number of rotatable bonds is 5. The average molecular weight is 321 g/mol. The van der Waals surface area contributed by atoms with Gasteiger partial charge in [0, 0.05) is 16.6 Å². The number of carboxylic acids is 1. The third-order valence-corrected chi connectivity index (χ3v) is 3.97. The summed E-state index contributed by atoms with van der Waals surface area (Å²) in [5.74, 6) is -1.59. The molecule has 1 amide bonds. The molecule has 122 valence electrons. The van der Waals surface area contributed by atoms with Gasteiger partial charge in [-0.05, 0) is 35.7 Å². The fourth-order valence-corrected chi connectivity index (χ4v) is 2.79. The van der Waals surface area contributed by atoms with Crippen LogP contribution in [0.2, 0.25) is 0 Å². The normalized spacial score (nSPS) is 10.7. The Morgan fingerprint density at radius 3 is 2.67 bits per heavy atom. The zero-order valence-electron chi connectivity index (χ0n) is 13.3. The molecule has 0 bridgehead atoms. The zero-order valence-corrected chi connectivity index (χ0v) is 13.3. The van der Waals surface area contributed by atoms with E-state index in [0.29, 0.717) is 22.2 Å². The molecule has 0 radical (unpaired) electrons. The van der Waals surface area contributed by atoms with Gasteiger partial charge in [-0.2, -0.15) is 0 Å². The zero-order chi connectivity index (χ0) is 17.1. The molecule has 1 aromatic heterocycles. The van der Waals surface area contributed by atoms with Crippen molar-refractivity contribution in [3.05, 3.63) is 65.4 Å². The van der Waals surface area contributed by atoms with E-state index in [4.69, 9.17) is 0 Å². The van der Waals surface area contributed by atoms with Crippen LogP contribution in [0.25, 0.3) is 10.9 Å². The Morgan fingerprint density at radius 2 is 1.92 bits per heavy atom. The van der Waals surface area contributed by atoms with E-state index in [1.54, 1.807) is 24.3 Å². The molecule has 24 heavy (non-hydrogen) atoms. The lowest BCUT2D eigenvalue weighted by Gasteiger charge is -2.08. The number of hydrogen-bond acceptors (Lipinski definition) is 3. The van der Waals surface area contributed by atoms with Gasteiger partial charge in [-0.15, -0.1) is 0 Å². The summed E-state index contributed by atoms with van der Waals surface area (Å²) >= 11 is 0. The highest BCUT2D eigenvalue weighted by molar-refractivity contribution is 6.01. The molecule has 5 nitrogen and oxygen atoms in total. The van der Waals surface area contributed by atoms with E-state index < -0.39 is 5.97 Å². The minimum absolute atomic E-state index is 0.0380. The van der Waals surface area contributed by atoms with Gasteiger partial charge in [-0.1, -0.05) is 37.3 Å². The summed E-state index contributed by atoms with van der Waals surface area (Å²) in [5, 5.41) is 14.9. The number of H-pyrrole nitrogens is 1. The van der Waals surface area contributed by atoms with Crippen LogP contribution in [0.4, 0.5) is 5.69 Å². The van der Waals surface area contributed by atoms with Crippen LogP contribution in [-0.2, 0) is 17.6 Å². The second-order valence-electron chi connectivity index (χ2n) is 5.59. The summed E-state index contributed by atoms with van der Waals surface area (Å²) in [4.78, 5) is 26.5. The highest BCUT2D eigenvalue weighted by atomic mass is 16.4. The second-order valence-corrected chi connectivity index (χ2v) is 5.59. The predicted octanol–water partition coefficient (Wildman–Crippen LogP) is 2.27. The van der Waals surface area contributed by atoms with Gasteiger partial charge in [-0.3, -0.25) is 4.79 Å². The summed E-state index contributed by atoms with van der Waals surface area (Å²) in [6, 6.07) is 14.8. The number of fused-ring (bicyclic) bond motifs is 1. The minimum Gasteiger partial charge on any atom is -0.543 e. The number of benzene rings is 2. The number of amides is 1. The first-order valence-electron chi connectivity index (χ1n) is 7.78. The van der Waals surface area contributed by atoms with Crippen molar-refractivity contribution in [2.45, 2.75) is 19.8 Å². The molecule has 0 saturated heterocycles. The Hall–Kier alpha value is -3.08. The second kappa shape index (κ2) is 6.58. The number of carbonyl (C=O) groups is 2. The molecule has 0 atom stereocenters. The molecule has 2 N–H and O–H groups in total. The van der Waals surface area contributed by atoms with Crippen molar-refractivity contribution in [1.82, 2.24) is 4.98 Å². The number of para-hydroxylation sites is 1. The lowest BCUT2D eigenvalue weighted by Crippen LogP contribution is -2.25. The first-order chi connectivity index (χ1) is 11.6. The van der Waals surface area contributed by atoms with Gasteiger partial charge < -0.3 is 20.2 Å². The number of anilines is 1. The average Bonchev–Trinajstić information content (AvgIpc) is 2.94. The Labute approximate surface area is 139 Å². The van der Waals surface area contributed by atoms with Crippen molar-refractivity contribution < 1.29 is 14.7 Å². The molecule has 5 heteroatoms. The summed E-state index contributed by atoms with van der Waals surface area (Å²) in [6.07, 6.45) is 0.838. The highest BCUT2D eigenvalue weighted by Crippen LogP contribution is 2.23. The molecule has 0 aliphatic heterocycles. The lowest BCUT2D eigenvalue weighted by molar-refractivity contribution is -0.255. The largest absolute Gasteiger partial charge is 0.543 e. The maximum Gasteiger partial charge on any atom is 0.228 e. The number of aryl methyl sites for hydroxylation is 1. The molecule has 0 aliphatic rings. The maximum absolute atomic E-state index is 12.4. The number of aromatic nitrogens is 1. The van der Waals surface area contributed by atoms with Crippen LogP contribution in [-0.4, -0.2) is 16.9 Å². The monoisotopic (exact) mass is 321 g/mol. The quantitative estimate of drug-likeness (QED) is 0.756. The van der Waals surface area contributed by atoms with Gasteiger partial charge in [-0.25, -0.2) is 0 Å². The van der Waals surface area contributed by atoms with Crippen LogP contribution in [0.15, 0.2) is 48.5 Å². The van der Waals surface area contributed by atoms with Crippen LogP contribution in [0.1, 0.15) is 28.5 Å². The first kappa shape index (κ1) is 15.8. The molecule has 0 fully saturated rings. The van der Waals surface area contributed by atoms with Crippen LogP contribution in [0.3, 0.4) is 0 Å². The van der Waals surface area contributed by atoms with E-state index in [2.05, 4.69) is 10.3 Å². The molecule has 2 aromatic carbocycles. The Bertz CT molecular complexity index is 912. The molecule has 0 aliphatic carbocycles. The van der Waals surface area contributed by atoms with Crippen molar-refractivity contribution in [2.75, 3.05) is 5.32 Å². The number of aromatic amines is 1. The Balaban J connectivity index is 1.87. The van der Waals surface area contributed by atoms with Crippen molar-refractivity contribution in [3.8, 4) is 0 Å². The number of carbonyl (C=O) groups excluding carboxylic acids is 2. The molecule has 3 aromatic rings. The highest BCUT2D eigenvalue weighted by Gasteiger charge is 2.15. The van der Waals surface area contributed by atoms with E-state index in [1.807, 2.05) is 31.2 Å². The van der Waals surface area contributed by atoms with Crippen molar-refractivity contribution in [3.63, 3.8) is 0 Å². The van der Waals surface area contributed by atoms with E-state index >= 15 is 0 Å². The van der Waals surface area contributed by atoms with Crippen LogP contribution < -0.4 is 10.4 Å². The van der Waals surface area contributed by atoms with Crippen LogP contribution in [0, 0.1) is 0 Å². The molecule has 0 saturated carbocycles. The van der Waals surface area contributed by atoms with Crippen molar-refractivity contribution >= 4 is 28.5 Å². The van der Waals surface area contributed by atoms with E-state index in [0.717, 1.165) is 12.0 Å². The molecule has 0 unspecified atom stereocenters. The fraction of sp³-hybridized carbons (Fsp3) is 0.158. The minimum atomic E-state index is -1.32. The fourth-order valence-electron chi connectivity index (χ4n) is 2.79. The third kappa shape index (κ3) is 3.15. The van der Waals surface area contributed by atoms with Gasteiger partial charge in [0.15, 0.2) is 0 Å². The van der Waals surface area contributed by atoms with Crippen molar-refractivity contribution in [1.29, 1.82) is 0 Å². The number of nitrogens with one attached hydrogen (secondary N) is 2. The molecule has 3 rings (SSSR count). The first-order valence-corrected chi connectivity index (χ1v) is 7.78. The summed E-state index contributed by atoms with van der Waals surface area (Å²) in [7, 11) is 0. The van der Waals surface area contributed by atoms with Gasteiger partial charge >= 0.3 is 0 Å². The van der Waals surface area contributed by atoms with Crippen LogP contribution in [0.5, 0.6) is 0 Å². The topological polar surface area (TPSA) is 85.0 Å². The smallest absolute Gasteiger partial charge is 0.228 e. The van der Waals surface area contributed by atoms with Crippen molar-refractivity contribution in [2.24, 2.45) is 0 Å². The molecular weight excluding hydrogens is 304 g/mol. The Morgan fingerprint density at radius 1 is 1.12 bits per heavy atom. The predicted molar refractivity (Wildman–Crippen MR) is 90.8 cm³/mol. The third-order valence-electron chi connectivity index (χ3n) is 3.97. The van der Waals surface area contributed by atoms with E-state index in [9.17, 15) is 14.7 Å². The number of hydrogen-bond donors (Lipinski definition) is 2. The van der Waals surface area contributed by atoms with Gasteiger partial charge in [0.25, 0.3) is 0 Å². The summed E-state index contributed by atoms with van der Waals surface area (Å²) < 4.78 is 0. The molecule has 0 spiro atoms. The van der Waals surface area contributed by atoms with E-state index in [-0.39, 0.29) is 18.0 Å². The maximum atomic E-state index is 12.4. The lowest BCUT2D eigenvalue weighted by atomic mass is 10.1. The summed E-state index contributed by atoms with van der Waals surface area (Å²) in [5.41, 5.74) is 2.89. The molecular formula is C19H17N2O3-. The van der Waals surface area contributed by atoms with Gasteiger partial charge in [0.2, 0.25) is 5.91 Å². The van der Waals surface area contributed by atoms with Gasteiger partial charge in [0.05, 0.1) is 18.1 Å². The van der Waals surface area contributed by atoms with Crippen LogP contribution >= 0.6 is 0 Å². The molecule has 1 heterocycles. The van der Waals surface area contributed by atoms with E-state index in [1.165, 1.54) is 0 Å². The summed E-state index contributed by atoms with van der Waals surface area (Å²) in [6.45, 7) is 2.04. The SMILES string of the molecule is CCc1cccc(NC(=O)Cc2c(C(=O)[O-])[nH]c3ccccc23)c1.